The van der Waals surface area contributed by atoms with Gasteiger partial charge in [0, 0.05) is 42.5 Å². The Morgan fingerprint density at radius 3 is 1.93 bits per heavy atom. The van der Waals surface area contributed by atoms with Gasteiger partial charge < -0.3 is 14.7 Å². The van der Waals surface area contributed by atoms with E-state index in [4.69, 9.17) is 9.79 Å². The molecule has 10 nitrogen and oxygen atoms in total. The van der Waals surface area contributed by atoms with Gasteiger partial charge in [-0.05, 0) is 23.4 Å². The third-order valence-corrected chi connectivity index (χ3v) is 7.16. The largest absolute Gasteiger partial charge is 0.373 e. The number of hydrogen-bond acceptors (Lipinski definition) is 7. The van der Waals surface area contributed by atoms with Crippen LogP contribution in [-0.4, -0.2) is 40.1 Å². The van der Waals surface area contributed by atoms with Gasteiger partial charge in [-0.15, -0.1) is 0 Å². The van der Waals surface area contributed by atoms with Crippen LogP contribution in [0.1, 0.15) is 38.9 Å². The first kappa shape index (κ1) is 29.9. The van der Waals surface area contributed by atoms with E-state index in [1.165, 1.54) is 6.08 Å². The second-order valence-corrected chi connectivity index (χ2v) is 11.0. The predicted octanol–water partition coefficient (Wildman–Crippen LogP) is 3.87. The predicted molar refractivity (Wildman–Crippen MR) is 148 cm³/mol. The van der Waals surface area contributed by atoms with Crippen molar-refractivity contribution in [3.63, 3.8) is 0 Å². The molecule has 0 saturated heterocycles. The third kappa shape index (κ3) is 7.69. The number of rotatable bonds is 10. The first-order valence-electron chi connectivity index (χ1n) is 11.9. The van der Waals surface area contributed by atoms with Crippen molar-refractivity contribution >= 4 is 34.3 Å². The molecule has 0 amide bonds. The van der Waals surface area contributed by atoms with E-state index in [2.05, 4.69) is 0 Å². The van der Waals surface area contributed by atoms with Crippen LogP contribution in [0.5, 0.6) is 0 Å². The van der Waals surface area contributed by atoms with Crippen LogP contribution in [0.15, 0.2) is 54.5 Å². The molecule has 2 aromatic rings. The molecule has 1 aliphatic heterocycles. The Bertz CT molecular complexity index is 1590. The van der Waals surface area contributed by atoms with Crippen molar-refractivity contribution in [1.82, 2.24) is 4.90 Å². The molecule has 12 heteroatoms. The molecule has 0 bridgehead atoms. The lowest BCUT2D eigenvalue weighted by atomic mass is 9.87. The molecule has 0 aliphatic carbocycles. The highest BCUT2D eigenvalue weighted by Crippen LogP contribution is 2.33. The molecule has 0 radical (unpaired) electrons. The molecule has 0 saturated carbocycles. The van der Waals surface area contributed by atoms with E-state index in [1.54, 1.807) is 47.3 Å². The summed E-state index contributed by atoms with van der Waals surface area (Å²) in [6.07, 6.45) is 15.5. The summed E-state index contributed by atoms with van der Waals surface area (Å²) in [5.74, 6) is 0. The smallest absolute Gasteiger partial charge is 0.331 e. The molecule has 1 aromatic carbocycles. The topological polar surface area (TPSA) is 177 Å². The van der Waals surface area contributed by atoms with E-state index >= 15 is 0 Å². The Morgan fingerprint density at radius 1 is 0.925 bits per heavy atom. The van der Waals surface area contributed by atoms with Crippen LogP contribution < -0.4 is 4.57 Å². The summed E-state index contributed by atoms with van der Waals surface area (Å²) >= 11 is 0. The quantitative estimate of drug-likeness (QED) is 0.318. The van der Waals surface area contributed by atoms with Crippen molar-refractivity contribution in [3.05, 3.63) is 93.5 Å². The highest BCUT2D eigenvalue weighted by molar-refractivity contribution is 7.51. The summed E-state index contributed by atoms with van der Waals surface area (Å²) in [4.78, 5) is 20.1. The number of aromatic nitrogens is 1. The van der Waals surface area contributed by atoms with Crippen LogP contribution in [0.2, 0.25) is 0 Å². The highest BCUT2D eigenvalue weighted by Gasteiger charge is 2.22. The van der Waals surface area contributed by atoms with Crippen LogP contribution in [0.25, 0.3) is 18.2 Å². The van der Waals surface area contributed by atoms with Gasteiger partial charge in [0.05, 0.1) is 22.3 Å². The maximum atomic E-state index is 11.1. The van der Waals surface area contributed by atoms with Gasteiger partial charge in [0.15, 0.2) is 27.4 Å². The summed E-state index contributed by atoms with van der Waals surface area (Å²) < 4.78 is 23.4. The number of allylic oxidation sites excluding steroid dienone is 3. The van der Waals surface area contributed by atoms with Crippen LogP contribution in [-0.2, 0) is 15.7 Å². The van der Waals surface area contributed by atoms with E-state index in [0.717, 1.165) is 5.57 Å². The van der Waals surface area contributed by atoms with Crippen LogP contribution in [0.3, 0.4) is 0 Å². The van der Waals surface area contributed by atoms with Gasteiger partial charge in [0.25, 0.3) is 0 Å². The van der Waals surface area contributed by atoms with E-state index in [9.17, 15) is 30.2 Å². The lowest BCUT2D eigenvalue weighted by Crippen LogP contribution is -2.34. The molecular weight excluding hydrogens is 546 g/mol. The first-order chi connectivity index (χ1) is 19.2. The lowest BCUT2D eigenvalue weighted by Gasteiger charge is -2.20. The Kier molecular flexibility index (Phi) is 10.4. The van der Waals surface area contributed by atoms with E-state index in [1.807, 2.05) is 47.5 Å². The molecule has 3 rings (SSSR count). The first-order valence-corrected chi connectivity index (χ1v) is 14.7. The minimum absolute atomic E-state index is 0.0197. The normalized spacial score (nSPS) is 13.2. The third-order valence-electron chi connectivity index (χ3n) is 5.99. The number of hydrogen-bond donors (Lipinski definition) is 2. The number of aryl methyl sites for hydroxylation is 1. The molecule has 2 N–H and O–H groups in total. The SMILES string of the molecule is N#Cc1c(C#N)c(/C=C/c2cc[n+](CCP(=O)(O)O)cc2)c(C#N)c(C#N)c1/C=C/C1=CCN(CCP=O)C=C1. The van der Waals surface area contributed by atoms with Crippen molar-refractivity contribution < 1.29 is 23.5 Å². The maximum absolute atomic E-state index is 11.1. The molecule has 1 aliphatic rings. The minimum atomic E-state index is -4.13. The summed E-state index contributed by atoms with van der Waals surface area (Å²) in [6, 6.07) is 11.4. The molecule has 1 aromatic heterocycles. The molecule has 0 unspecified atom stereocenters. The molecule has 0 atom stereocenters. The Hall–Kier alpha value is -4.66. The number of nitriles is 4. The van der Waals surface area contributed by atoms with Crippen molar-refractivity contribution in [2.24, 2.45) is 0 Å². The van der Waals surface area contributed by atoms with Crippen molar-refractivity contribution in [2.45, 2.75) is 6.54 Å². The number of benzene rings is 1. The van der Waals surface area contributed by atoms with Crippen molar-refractivity contribution in [1.29, 1.82) is 21.0 Å². The summed E-state index contributed by atoms with van der Waals surface area (Å²) in [6.45, 7) is 1.36. The fourth-order valence-corrected chi connectivity index (χ4v) is 4.75. The zero-order chi connectivity index (χ0) is 29.1. The lowest BCUT2D eigenvalue weighted by molar-refractivity contribution is -0.692. The highest BCUT2D eigenvalue weighted by atomic mass is 31.2. The van der Waals surface area contributed by atoms with Crippen molar-refractivity contribution in [3.8, 4) is 24.3 Å². The fourth-order valence-electron chi connectivity index (χ4n) is 3.92. The van der Waals surface area contributed by atoms with Gasteiger partial charge in [-0.25, -0.2) is 4.57 Å². The van der Waals surface area contributed by atoms with Crippen LogP contribution in [0.4, 0.5) is 0 Å². The number of pyridine rings is 1. The summed E-state index contributed by atoms with van der Waals surface area (Å²) in [5.41, 5.74) is 1.72. The number of nitrogens with zero attached hydrogens (tertiary/aromatic N) is 6. The van der Waals surface area contributed by atoms with Crippen LogP contribution >= 0.6 is 16.1 Å². The van der Waals surface area contributed by atoms with Gasteiger partial charge in [0.1, 0.15) is 30.4 Å². The molecule has 0 spiro atoms. The van der Waals surface area contributed by atoms with Crippen molar-refractivity contribution in [2.75, 3.05) is 25.4 Å². The maximum Gasteiger partial charge on any atom is 0.331 e. The average Bonchev–Trinajstić information content (AvgIpc) is 2.96. The monoisotopic (exact) mass is 569 g/mol. The van der Waals surface area contributed by atoms with Gasteiger partial charge in [0.2, 0.25) is 0 Å². The van der Waals surface area contributed by atoms with Gasteiger partial charge in [-0.1, -0.05) is 30.4 Å². The van der Waals surface area contributed by atoms with Crippen LogP contribution in [0, 0.1) is 45.3 Å². The zero-order valence-corrected chi connectivity index (χ0v) is 23.0. The molecule has 2 heterocycles. The summed E-state index contributed by atoms with van der Waals surface area (Å²) in [5, 5.41) is 39.8. The van der Waals surface area contributed by atoms with E-state index < -0.39 is 7.60 Å². The van der Waals surface area contributed by atoms with E-state index in [0.29, 0.717) is 24.8 Å². The summed E-state index contributed by atoms with van der Waals surface area (Å²) in [7, 11) is -4.05. The second kappa shape index (κ2) is 13.9. The second-order valence-electron chi connectivity index (χ2n) is 8.57. The zero-order valence-electron chi connectivity index (χ0n) is 21.2. The Morgan fingerprint density at radius 2 is 1.48 bits per heavy atom. The minimum Gasteiger partial charge on any atom is -0.373 e. The molecule has 40 heavy (non-hydrogen) atoms. The van der Waals surface area contributed by atoms with Gasteiger partial charge in [-0.3, -0.25) is 9.13 Å². The Balaban J connectivity index is 1.97. The Labute approximate surface area is 233 Å². The van der Waals surface area contributed by atoms with E-state index in [-0.39, 0.29) is 54.5 Å². The van der Waals surface area contributed by atoms with Gasteiger partial charge in [-0.2, -0.15) is 21.0 Å². The fraction of sp³-hybridized carbons (Fsp3) is 0.179. The molecular formula is C28H23N6O4P2+. The molecule has 0 fully saturated rings. The standard InChI is InChI=1S/C28H22N6O4P2/c29-17-25-23(3-1-21-5-9-33(10-6-21)13-15-39-35)26(18-30)28(20-32)24(27(25)19-31)4-2-22-7-11-34(12-8-22)14-16-40(36,37)38/h1-9,11-12H,10,13-16H2,(H-,36,37,38)/p+1/b3-1+,4-2+. The molecule has 198 valence electrons. The van der Waals surface area contributed by atoms with Gasteiger partial charge >= 0.3 is 7.60 Å². The average molecular weight is 569 g/mol.